The number of carbonyl (C=O) groups is 1. The molecular weight excluding hydrogens is 433 g/mol. The van der Waals surface area contributed by atoms with Crippen molar-refractivity contribution >= 4 is 16.9 Å². The van der Waals surface area contributed by atoms with E-state index >= 15 is 0 Å². The summed E-state index contributed by atoms with van der Waals surface area (Å²) < 4.78 is 39.9. The molecule has 2 aliphatic heterocycles. The lowest BCUT2D eigenvalue weighted by atomic mass is 9.91. The van der Waals surface area contributed by atoms with Gasteiger partial charge in [0.15, 0.2) is 0 Å². The quantitative estimate of drug-likeness (QED) is 0.552. The Labute approximate surface area is 188 Å². The largest absolute Gasteiger partial charge is 0.426 e. The molecule has 1 unspecified atom stereocenters. The molecule has 0 saturated carbocycles. The lowest BCUT2D eigenvalue weighted by molar-refractivity contribution is -0.250. The molecule has 2 aliphatic rings. The fourth-order valence-electron chi connectivity index (χ4n) is 4.84. The van der Waals surface area contributed by atoms with Crippen molar-refractivity contribution in [3.63, 3.8) is 0 Å². The summed E-state index contributed by atoms with van der Waals surface area (Å²) in [5.41, 5.74) is 2.90. The molecule has 0 bridgehead atoms. The third-order valence-electron chi connectivity index (χ3n) is 6.85. The average Bonchev–Trinajstić information content (AvgIpc) is 3.51. The maximum atomic E-state index is 13.3. The summed E-state index contributed by atoms with van der Waals surface area (Å²) in [6, 6.07) is 6.10. The second-order valence-electron chi connectivity index (χ2n) is 9.18. The summed E-state index contributed by atoms with van der Waals surface area (Å²) in [6.45, 7) is 3.44. The first-order valence-corrected chi connectivity index (χ1v) is 11.0. The number of aryl methyl sites for hydroxylation is 1. The van der Waals surface area contributed by atoms with Gasteiger partial charge in [-0.15, -0.1) is 0 Å². The Kier molecular flexibility index (Phi) is 5.02. The SMILES string of the molecule is Cc1c[nH]c2ncc(-c3cc4c(c([C@@H]5CCCN5)c3)CN(C(=O)C(C)(O)C(F)(F)F)C4)cc12. The summed E-state index contributed by atoms with van der Waals surface area (Å²) in [6.07, 6.45) is 0.547. The van der Waals surface area contributed by atoms with Crippen molar-refractivity contribution in [1.82, 2.24) is 20.2 Å². The Balaban J connectivity index is 1.56. The lowest BCUT2D eigenvalue weighted by Gasteiger charge is -2.29. The Hall–Kier alpha value is -2.91. The number of benzene rings is 1. The number of hydrogen-bond acceptors (Lipinski definition) is 4. The smallest absolute Gasteiger partial charge is 0.373 e. The Morgan fingerprint density at radius 3 is 2.70 bits per heavy atom. The minimum Gasteiger partial charge on any atom is -0.373 e. The maximum Gasteiger partial charge on any atom is 0.426 e. The van der Waals surface area contributed by atoms with Crippen LogP contribution in [0, 0.1) is 6.92 Å². The molecule has 5 rings (SSSR count). The number of aliphatic hydroxyl groups is 1. The van der Waals surface area contributed by atoms with Crippen LogP contribution in [-0.4, -0.2) is 44.2 Å². The number of rotatable bonds is 3. The molecule has 4 heterocycles. The zero-order chi connectivity index (χ0) is 23.5. The van der Waals surface area contributed by atoms with Gasteiger partial charge in [0.05, 0.1) is 0 Å². The Morgan fingerprint density at radius 1 is 1.21 bits per heavy atom. The highest BCUT2D eigenvalue weighted by atomic mass is 19.4. The molecule has 1 aromatic carbocycles. The van der Waals surface area contributed by atoms with Crippen molar-refractivity contribution < 1.29 is 23.1 Å². The molecule has 174 valence electrons. The van der Waals surface area contributed by atoms with Crippen molar-refractivity contribution in [1.29, 1.82) is 0 Å². The number of halogens is 3. The van der Waals surface area contributed by atoms with E-state index in [1.807, 2.05) is 25.3 Å². The second-order valence-corrected chi connectivity index (χ2v) is 9.18. The van der Waals surface area contributed by atoms with Crippen LogP contribution in [0.25, 0.3) is 22.2 Å². The number of H-pyrrole nitrogens is 1. The van der Waals surface area contributed by atoms with Crippen molar-refractivity contribution in [2.24, 2.45) is 0 Å². The predicted molar refractivity (Wildman–Crippen MR) is 117 cm³/mol. The summed E-state index contributed by atoms with van der Waals surface area (Å²) in [5.74, 6) is -1.33. The normalized spacial score (nSPS) is 20.3. The molecule has 0 aliphatic carbocycles. The van der Waals surface area contributed by atoms with E-state index in [-0.39, 0.29) is 19.1 Å². The topological polar surface area (TPSA) is 81.2 Å². The van der Waals surface area contributed by atoms with Crippen molar-refractivity contribution in [3.8, 4) is 11.1 Å². The minimum atomic E-state index is -5.05. The molecule has 0 spiro atoms. The number of amides is 1. The van der Waals surface area contributed by atoms with E-state index < -0.39 is 17.7 Å². The molecule has 6 nitrogen and oxygen atoms in total. The number of pyridine rings is 1. The first-order chi connectivity index (χ1) is 15.6. The van der Waals surface area contributed by atoms with Crippen LogP contribution in [0.1, 0.15) is 48.1 Å². The van der Waals surface area contributed by atoms with Gasteiger partial charge in [0.1, 0.15) is 5.65 Å². The number of carbonyl (C=O) groups excluding carboxylic acids is 1. The van der Waals surface area contributed by atoms with E-state index in [9.17, 15) is 23.1 Å². The molecule has 0 radical (unpaired) electrons. The first-order valence-electron chi connectivity index (χ1n) is 11.0. The Morgan fingerprint density at radius 2 is 2.00 bits per heavy atom. The van der Waals surface area contributed by atoms with Gasteiger partial charge in [-0.1, -0.05) is 0 Å². The van der Waals surface area contributed by atoms with Crippen LogP contribution in [0.2, 0.25) is 0 Å². The fourth-order valence-corrected chi connectivity index (χ4v) is 4.84. The standard InChI is InChI=1S/C24H25F3N4O2/c1-13-9-29-21-17(13)8-15(10-30-21)14-6-16-11-31(22(32)23(2,33)24(25,26)27)12-19(16)18(7-14)20-4-3-5-28-20/h6-10,20,28,33H,3-5,11-12H2,1-2H3,(H,29,30)/t20-,23?/m0/s1. The van der Waals surface area contributed by atoms with E-state index in [4.69, 9.17) is 0 Å². The molecule has 9 heteroatoms. The molecule has 3 aromatic rings. The van der Waals surface area contributed by atoms with Crippen LogP contribution in [0.3, 0.4) is 0 Å². The van der Waals surface area contributed by atoms with Crippen LogP contribution in [0.5, 0.6) is 0 Å². The average molecular weight is 458 g/mol. The van der Waals surface area contributed by atoms with Gasteiger partial charge >= 0.3 is 6.18 Å². The maximum absolute atomic E-state index is 13.3. The van der Waals surface area contributed by atoms with Crippen LogP contribution in [-0.2, 0) is 17.9 Å². The van der Waals surface area contributed by atoms with Crippen molar-refractivity contribution in [2.75, 3.05) is 6.54 Å². The van der Waals surface area contributed by atoms with E-state index in [1.165, 1.54) is 0 Å². The summed E-state index contributed by atoms with van der Waals surface area (Å²) in [5, 5.41) is 14.4. The van der Waals surface area contributed by atoms with Gasteiger partial charge in [-0.3, -0.25) is 4.79 Å². The highest BCUT2D eigenvalue weighted by Gasteiger charge is 2.57. The number of hydrogen-bond donors (Lipinski definition) is 3. The number of alkyl halides is 3. The molecule has 1 amide bonds. The summed E-state index contributed by atoms with van der Waals surface area (Å²) in [7, 11) is 0. The summed E-state index contributed by atoms with van der Waals surface area (Å²) in [4.78, 5) is 21.4. The zero-order valence-electron chi connectivity index (χ0n) is 18.4. The van der Waals surface area contributed by atoms with Gasteiger partial charge in [-0.2, -0.15) is 13.2 Å². The number of aromatic amines is 1. The van der Waals surface area contributed by atoms with Crippen molar-refractivity contribution in [3.05, 3.63) is 52.8 Å². The number of fused-ring (bicyclic) bond motifs is 2. The van der Waals surface area contributed by atoms with Gasteiger partial charge in [-0.05, 0) is 79.3 Å². The molecule has 3 N–H and O–H groups in total. The van der Waals surface area contributed by atoms with Crippen LogP contribution in [0.4, 0.5) is 13.2 Å². The third-order valence-corrected chi connectivity index (χ3v) is 6.85. The highest BCUT2D eigenvalue weighted by molar-refractivity contribution is 5.87. The van der Waals surface area contributed by atoms with Crippen LogP contribution < -0.4 is 5.32 Å². The third kappa shape index (κ3) is 3.59. The van der Waals surface area contributed by atoms with Crippen LogP contribution >= 0.6 is 0 Å². The molecule has 2 atom stereocenters. The predicted octanol–water partition coefficient (Wildman–Crippen LogP) is 4.12. The van der Waals surface area contributed by atoms with Crippen LogP contribution in [0.15, 0.2) is 30.6 Å². The highest BCUT2D eigenvalue weighted by Crippen LogP contribution is 2.40. The number of nitrogens with one attached hydrogen (secondary N) is 2. The number of nitrogens with zero attached hydrogens (tertiary/aromatic N) is 2. The lowest BCUT2D eigenvalue weighted by Crippen LogP contribution is -2.54. The number of aromatic nitrogens is 2. The molecular formula is C24H25F3N4O2. The van der Waals surface area contributed by atoms with Gasteiger partial charge in [-0.25, -0.2) is 4.98 Å². The first kappa shape index (κ1) is 21.9. The molecule has 33 heavy (non-hydrogen) atoms. The van der Waals surface area contributed by atoms with Gasteiger partial charge in [0, 0.05) is 42.5 Å². The second kappa shape index (κ2) is 7.56. The Bertz CT molecular complexity index is 1240. The van der Waals surface area contributed by atoms with Crippen molar-refractivity contribution in [2.45, 2.75) is 57.6 Å². The van der Waals surface area contributed by atoms with Gasteiger partial charge < -0.3 is 20.3 Å². The monoisotopic (exact) mass is 458 g/mol. The molecule has 1 fully saturated rings. The fraction of sp³-hybridized carbons (Fsp3) is 0.417. The van der Waals surface area contributed by atoms with E-state index in [0.29, 0.717) is 6.92 Å². The van der Waals surface area contributed by atoms with Gasteiger partial charge in [0.25, 0.3) is 5.91 Å². The molecule has 2 aromatic heterocycles. The zero-order valence-corrected chi connectivity index (χ0v) is 18.4. The summed E-state index contributed by atoms with van der Waals surface area (Å²) >= 11 is 0. The molecule has 1 saturated heterocycles. The minimum absolute atomic E-state index is 0.0206. The van der Waals surface area contributed by atoms with E-state index in [0.717, 1.165) is 68.7 Å². The van der Waals surface area contributed by atoms with Gasteiger partial charge in [0.2, 0.25) is 5.60 Å². The van der Waals surface area contributed by atoms with E-state index in [2.05, 4.69) is 21.4 Å². The van der Waals surface area contributed by atoms with E-state index in [1.54, 1.807) is 6.20 Å².